The van der Waals surface area contributed by atoms with Crippen molar-refractivity contribution in [3.05, 3.63) is 42.1 Å². The third-order valence-electron chi connectivity index (χ3n) is 5.01. The molecule has 0 radical (unpaired) electrons. The van der Waals surface area contributed by atoms with Crippen LogP contribution in [-0.2, 0) is 17.6 Å². The van der Waals surface area contributed by atoms with Gasteiger partial charge in [0.1, 0.15) is 6.33 Å². The van der Waals surface area contributed by atoms with Gasteiger partial charge in [-0.2, -0.15) is 0 Å². The van der Waals surface area contributed by atoms with Crippen LogP contribution in [0.4, 0.5) is 0 Å². The molecule has 2 aromatic rings. The number of carbonyl (C=O) groups excluding carboxylic acids is 1. The monoisotopic (exact) mass is 324 g/mol. The molecule has 6 nitrogen and oxygen atoms in total. The first-order chi connectivity index (χ1) is 11.7. The minimum atomic E-state index is -0.299. The highest BCUT2D eigenvalue weighted by Crippen LogP contribution is 2.30. The van der Waals surface area contributed by atoms with Crippen LogP contribution in [0.2, 0.25) is 0 Å². The normalized spacial score (nSPS) is 23.1. The molecule has 6 heteroatoms. The van der Waals surface area contributed by atoms with Crippen molar-refractivity contribution in [2.45, 2.75) is 31.8 Å². The molecular weight excluding hydrogens is 304 g/mol. The van der Waals surface area contributed by atoms with Crippen LogP contribution in [0.25, 0.3) is 11.3 Å². The SMILES string of the molecule is O=C(C1CC(O)C1)N1CCc2ncnc(-c3ccncc3)c2CC1. The Kier molecular flexibility index (Phi) is 3.98. The average Bonchev–Trinajstić information content (AvgIpc) is 2.82. The molecule has 1 aliphatic heterocycles. The lowest BCUT2D eigenvalue weighted by atomic mass is 9.81. The lowest BCUT2D eigenvalue weighted by Gasteiger charge is -2.34. The summed E-state index contributed by atoms with van der Waals surface area (Å²) in [6, 6.07) is 3.90. The molecule has 0 bridgehead atoms. The summed E-state index contributed by atoms with van der Waals surface area (Å²) in [5.74, 6) is 0.165. The summed E-state index contributed by atoms with van der Waals surface area (Å²) >= 11 is 0. The quantitative estimate of drug-likeness (QED) is 0.899. The van der Waals surface area contributed by atoms with Crippen molar-refractivity contribution in [2.75, 3.05) is 13.1 Å². The summed E-state index contributed by atoms with van der Waals surface area (Å²) in [4.78, 5) is 27.5. The van der Waals surface area contributed by atoms with Crippen LogP contribution < -0.4 is 0 Å². The van der Waals surface area contributed by atoms with Crippen molar-refractivity contribution in [1.29, 1.82) is 0 Å². The number of hydrogen-bond donors (Lipinski definition) is 1. The maximum Gasteiger partial charge on any atom is 0.225 e. The Morgan fingerprint density at radius 3 is 2.62 bits per heavy atom. The van der Waals surface area contributed by atoms with Gasteiger partial charge in [-0.3, -0.25) is 9.78 Å². The Balaban J connectivity index is 1.56. The third kappa shape index (κ3) is 2.78. The van der Waals surface area contributed by atoms with Gasteiger partial charge in [0.05, 0.1) is 11.8 Å². The van der Waals surface area contributed by atoms with Crippen molar-refractivity contribution >= 4 is 5.91 Å². The minimum absolute atomic E-state index is 0.00744. The van der Waals surface area contributed by atoms with E-state index in [0.29, 0.717) is 25.9 Å². The second-order valence-corrected chi connectivity index (χ2v) is 6.53. The lowest BCUT2D eigenvalue weighted by Crippen LogP contribution is -2.44. The van der Waals surface area contributed by atoms with Crippen LogP contribution in [0, 0.1) is 5.92 Å². The van der Waals surface area contributed by atoms with E-state index in [2.05, 4.69) is 15.0 Å². The van der Waals surface area contributed by atoms with Crippen LogP contribution in [-0.4, -0.2) is 50.1 Å². The van der Waals surface area contributed by atoms with E-state index in [4.69, 9.17) is 0 Å². The van der Waals surface area contributed by atoms with Crippen LogP contribution in [0.5, 0.6) is 0 Å². The van der Waals surface area contributed by atoms with Crippen LogP contribution in [0.1, 0.15) is 24.1 Å². The van der Waals surface area contributed by atoms with Crippen molar-refractivity contribution < 1.29 is 9.90 Å². The van der Waals surface area contributed by atoms with E-state index >= 15 is 0 Å². The highest BCUT2D eigenvalue weighted by atomic mass is 16.3. The summed E-state index contributed by atoms with van der Waals surface area (Å²) < 4.78 is 0. The predicted molar refractivity (Wildman–Crippen MR) is 88.0 cm³/mol. The summed E-state index contributed by atoms with van der Waals surface area (Å²) in [7, 11) is 0. The van der Waals surface area contributed by atoms with Crippen molar-refractivity contribution in [3.63, 3.8) is 0 Å². The van der Waals surface area contributed by atoms with Crippen molar-refractivity contribution in [2.24, 2.45) is 5.92 Å². The summed E-state index contributed by atoms with van der Waals surface area (Å²) in [5.41, 5.74) is 4.13. The molecule has 2 aliphatic rings. The smallest absolute Gasteiger partial charge is 0.225 e. The second-order valence-electron chi connectivity index (χ2n) is 6.53. The van der Waals surface area contributed by atoms with Gasteiger partial charge in [0.25, 0.3) is 0 Å². The summed E-state index contributed by atoms with van der Waals surface area (Å²) in [6.45, 7) is 1.37. The number of aliphatic hydroxyl groups excluding tert-OH is 1. The van der Waals surface area contributed by atoms with E-state index in [-0.39, 0.29) is 17.9 Å². The standard InChI is InChI=1S/C18H20N4O2/c23-14-9-13(10-14)18(24)22-7-3-15-16(4-8-22)20-11-21-17(15)12-1-5-19-6-2-12/h1-2,5-6,11,13-14,23H,3-4,7-10H2. The molecule has 124 valence electrons. The molecule has 24 heavy (non-hydrogen) atoms. The lowest BCUT2D eigenvalue weighted by molar-refractivity contribution is -0.142. The van der Waals surface area contributed by atoms with Gasteiger partial charge in [-0.05, 0) is 31.4 Å². The first-order valence-electron chi connectivity index (χ1n) is 8.42. The third-order valence-corrected chi connectivity index (χ3v) is 5.01. The van der Waals surface area contributed by atoms with Gasteiger partial charge in [-0.15, -0.1) is 0 Å². The molecule has 1 aliphatic carbocycles. The fraction of sp³-hybridized carbons (Fsp3) is 0.444. The number of nitrogens with zero attached hydrogens (tertiary/aromatic N) is 4. The highest BCUT2D eigenvalue weighted by Gasteiger charge is 2.36. The van der Waals surface area contributed by atoms with E-state index in [1.54, 1.807) is 18.7 Å². The zero-order chi connectivity index (χ0) is 16.5. The molecule has 0 atom stereocenters. The molecule has 3 heterocycles. The largest absolute Gasteiger partial charge is 0.393 e. The molecule has 4 rings (SSSR count). The first kappa shape index (κ1) is 15.2. The van der Waals surface area contributed by atoms with Gasteiger partial charge >= 0.3 is 0 Å². The van der Waals surface area contributed by atoms with E-state index < -0.39 is 0 Å². The van der Waals surface area contributed by atoms with Gasteiger partial charge in [0, 0.05) is 54.6 Å². The summed E-state index contributed by atoms with van der Waals surface area (Å²) in [5, 5.41) is 9.43. The van der Waals surface area contributed by atoms with E-state index in [1.165, 1.54) is 0 Å². The molecule has 1 N–H and O–H groups in total. The topological polar surface area (TPSA) is 79.2 Å². The molecule has 0 spiro atoms. The van der Waals surface area contributed by atoms with Gasteiger partial charge in [-0.25, -0.2) is 9.97 Å². The zero-order valence-corrected chi connectivity index (χ0v) is 13.4. The molecule has 0 unspecified atom stereocenters. The Labute approximate surface area is 140 Å². The fourth-order valence-electron chi connectivity index (χ4n) is 3.55. The average molecular weight is 324 g/mol. The number of amides is 1. The summed E-state index contributed by atoms with van der Waals surface area (Å²) in [6.07, 6.45) is 7.54. The number of fused-ring (bicyclic) bond motifs is 1. The predicted octanol–water partition coefficient (Wildman–Crippen LogP) is 1.24. The number of rotatable bonds is 2. The Bertz CT molecular complexity index is 744. The van der Waals surface area contributed by atoms with E-state index in [1.807, 2.05) is 17.0 Å². The minimum Gasteiger partial charge on any atom is -0.393 e. The van der Waals surface area contributed by atoms with E-state index in [0.717, 1.165) is 35.4 Å². The van der Waals surface area contributed by atoms with Crippen molar-refractivity contribution in [3.8, 4) is 11.3 Å². The molecule has 1 amide bonds. The van der Waals surface area contributed by atoms with Gasteiger partial charge in [-0.1, -0.05) is 0 Å². The first-order valence-corrected chi connectivity index (χ1v) is 8.42. The number of carbonyl (C=O) groups is 1. The molecule has 1 fully saturated rings. The Hall–Kier alpha value is -2.34. The maximum atomic E-state index is 12.6. The molecule has 1 saturated carbocycles. The molecule has 0 saturated heterocycles. The zero-order valence-electron chi connectivity index (χ0n) is 13.4. The maximum absolute atomic E-state index is 12.6. The number of pyridine rings is 1. The number of aromatic nitrogens is 3. The second kappa shape index (κ2) is 6.28. The van der Waals surface area contributed by atoms with Gasteiger partial charge in [0.15, 0.2) is 0 Å². The molecule has 2 aromatic heterocycles. The number of aliphatic hydroxyl groups is 1. The highest BCUT2D eigenvalue weighted by molar-refractivity contribution is 5.80. The van der Waals surface area contributed by atoms with Crippen LogP contribution in [0.3, 0.4) is 0 Å². The molecular formula is C18H20N4O2. The van der Waals surface area contributed by atoms with Gasteiger partial charge < -0.3 is 10.0 Å². The Morgan fingerprint density at radius 2 is 1.88 bits per heavy atom. The van der Waals surface area contributed by atoms with Crippen LogP contribution in [0.15, 0.2) is 30.9 Å². The fourth-order valence-corrected chi connectivity index (χ4v) is 3.55. The van der Waals surface area contributed by atoms with Crippen LogP contribution >= 0.6 is 0 Å². The van der Waals surface area contributed by atoms with Crippen molar-refractivity contribution in [1.82, 2.24) is 19.9 Å². The van der Waals surface area contributed by atoms with E-state index in [9.17, 15) is 9.90 Å². The number of hydrogen-bond acceptors (Lipinski definition) is 5. The Morgan fingerprint density at radius 1 is 1.12 bits per heavy atom. The van der Waals surface area contributed by atoms with Gasteiger partial charge in [0.2, 0.25) is 5.91 Å². The molecule has 0 aromatic carbocycles.